The van der Waals surface area contributed by atoms with E-state index in [2.05, 4.69) is 5.32 Å². The van der Waals surface area contributed by atoms with Crippen molar-refractivity contribution in [2.75, 3.05) is 13.2 Å². The summed E-state index contributed by atoms with van der Waals surface area (Å²) >= 11 is 0. The molecule has 1 atom stereocenters. The minimum Gasteiger partial charge on any atom is -0.492 e. The maximum atomic E-state index is 11.1. The zero-order valence-electron chi connectivity index (χ0n) is 9.69. The van der Waals surface area contributed by atoms with Gasteiger partial charge >= 0.3 is 0 Å². The number of carbonyl (C=O) groups is 1. The molecule has 0 heterocycles. The van der Waals surface area contributed by atoms with Crippen LogP contribution in [0.1, 0.15) is 12.5 Å². The van der Waals surface area contributed by atoms with Gasteiger partial charge < -0.3 is 15.8 Å². The Balaban J connectivity index is 2.23. The molecule has 1 unspecified atom stereocenters. The van der Waals surface area contributed by atoms with Crippen LogP contribution in [0.3, 0.4) is 0 Å². The lowest BCUT2D eigenvalue weighted by Gasteiger charge is -2.09. The van der Waals surface area contributed by atoms with Crippen molar-refractivity contribution in [2.24, 2.45) is 5.73 Å². The fourth-order valence-electron chi connectivity index (χ4n) is 1.21. The summed E-state index contributed by atoms with van der Waals surface area (Å²) in [6, 6.07) is 7.31. The molecule has 0 aliphatic carbocycles. The molecule has 0 spiro atoms. The molecular formula is C12H18N2O2. The minimum atomic E-state index is -0.473. The fourth-order valence-corrected chi connectivity index (χ4v) is 1.21. The van der Waals surface area contributed by atoms with Gasteiger partial charge in [0.2, 0.25) is 5.91 Å². The Bertz CT molecular complexity index is 351. The second kappa shape index (κ2) is 6.12. The Morgan fingerprint density at radius 2 is 2.31 bits per heavy atom. The highest BCUT2D eigenvalue weighted by molar-refractivity contribution is 5.80. The lowest BCUT2D eigenvalue weighted by atomic mass is 10.2. The summed E-state index contributed by atoms with van der Waals surface area (Å²) in [5, 5.41) is 2.68. The van der Waals surface area contributed by atoms with Crippen molar-refractivity contribution >= 4 is 5.91 Å². The van der Waals surface area contributed by atoms with Crippen LogP contribution in [0.2, 0.25) is 0 Å². The summed E-state index contributed by atoms with van der Waals surface area (Å²) in [7, 11) is 0. The number of aryl methyl sites for hydroxylation is 1. The van der Waals surface area contributed by atoms with E-state index in [1.54, 1.807) is 6.92 Å². The number of benzene rings is 1. The van der Waals surface area contributed by atoms with E-state index >= 15 is 0 Å². The monoisotopic (exact) mass is 222 g/mol. The van der Waals surface area contributed by atoms with Crippen LogP contribution >= 0.6 is 0 Å². The predicted molar refractivity (Wildman–Crippen MR) is 63.3 cm³/mol. The van der Waals surface area contributed by atoms with Crippen LogP contribution in [-0.4, -0.2) is 25.1 Å². The van der Waals surface area contributed by atoms with Gasteiger partial charge in [-0.2, -0.15) is 0 Å². The van der Waals surface area contributed by atoms with Crippen LogP contribution < -0.4 is 15.8 Å². The number of rotatable bonds is 5. The number of hydrogen-bond donors (Lipinski definition) is 2. The van der Waals surface area contributed by atoms with Gasteiger partial charge in [-0.05, 0) is 31.5 Å². The number of nitrogens with two attached hydrogens (primary N) is 1. The summed E-state index contributed by atoms with van der Waals surface area (Å²) in [4.78, 5) is 11.1. The number of nitrogens with one attached hydrogen (secondary N) is 1. The normalized spacial score (nSPS) is 11.9. The fraction of sp³-hybridized carbons (Fsp3) is 0.417. The number of amides is 1. The summed E-state index contributed by atoms with van der Waals surface area (Å²) in [6.07, 6.45) is 0. The topological polar surface area (TPSA) is 64.3 Å². The second-order valence-corrected chi connectivity index (χ2v) is 3.74. The van der Waals surface area contributed by atoms with Crippen LogP contribution in [0, 0.1) is 6.92 Å². The maximum Gasteiger partial charge on any atom is 0.236 e. The molecule has 1 aromatic rings. The lowest BCUT2D eigenvalue weighted by molar-refractivity contribution is -0.122. The van der Waals surface area contributed by atoms with E-state index in [-0.39, 0.29) is 5.91 Å². The Morgan fingerprint density at radius 3 is 2.94 bits per heavy atom. The third kappa shape index (κ3) is 4.31. The molecule has 0 aromatic heterocycles. The number of hydrogen-bond acceptors (Lipinski definition) is 3. The van der Waals surface area contributed by atoms with Crippen LogP contribution in [0.4, 0.5) is 0 Å². The third-order valence-electron chi connectivity index (χ3n) is 2.07. The van der Waals surface area contributed by atoms with E-state index in [0.29, 0.717) is 13.2 Å². The standard InChI is InChI=1S/C12H18N2O2/c1-9-4-3-5-11(8-9)16-7-6-14-12(15)10(2)13/h3-5,8,10H,6-7,13H2,1-2H3,(H,14,15). The average molecular weight is 222 g/mol. The highest BCUT2D eigenvalue weighted by Crippen LogP contribution is 2.11. The first-order valence-corrected chi connectivity index (χ1v) is 5.32. The first-order valence-electron chi connectivity index (χ1n) is 5.32. The first-order chi connectivity index (χ1) is 7.59. The molecule has 88 valence electrons. The zero-order valence-corrected chi connectivity index (χ0v) is 9.69. The smallest absolute Gasteiger partial charge is 0.236 e. The summed E-state index contributed by atoms with van der Waals surface area (Å²) in [5.41, 5.74) is 6.55. The van der Waals surface area contributed by atoms with Gasteiger partial charge in [-0.15, -0.1) is 0 Å². The first kappa shape index (κ1) is 12.5. The van der Waals surface area contributed by atoms with Crippen molar-refractivity contribution < 1.29 is 9.53 Å². The highest BCUT2D eigenvalue weighted by Gasteiger charge is 2.05. The van der Waals surface area contributed by atoms with Crippen molar-refractivity contribution in [2.45, 2.75) is 19.9 Å². The molecule has 1 amide bonds. The average Bonchev–Trinajstić information content (AvgIpc) is 2.24. The molecule has 0 saturated heterocycles. The molecule has 0 fully saturated rings. The molecule has 4 heteroatoms. The van der Waals surface area contributed by atoms with Crippen molar-refractivity contribution in [3.05, 3.63) is 29.8 Å². The molecule has 16 heavy (non-hydrogen) atoms. The molecule has 1 rings (SSSR count). The highest BCUT2D eigenvalue weighted by atomic mass is 16.5. The molecule has 3 N–H and O–H groups in total. The zero-order chi connectivity index (χ0) is 12.0. The summed E-state index contributed by atoms with van der Waals surface area (Å²) < 4.78 is 5.46. The maximum absolute atomic E-state index is 11.1. The lowest BCUT2D eigenvalue weighted by Crippen LogP contribution is -2.40. The van der Waals surface area contributed by atoms with Crippen molar-refractivity contribution in [3.8, 4) is 5.75 Å². The molecule has 0 aliphatic rings. The van der Waals surface area contributed by atoms with Crippen molar-refractivity contribution in [1.82, 2.24) is 5.32 Å². The molecule has 0 bridgehead atoms. The SMILES string of the molecule is Cc1cccc(OCCNC(=O)C(C)N)c1. The van der Waals surface area contributed by atoms with Crippen molar-refractivity contribution in [1.29, 1.82) is 0 Å². The molecule has 0 aliphatic heterocycles. The van der Waals surface area contributed by atoms with Gasteiger partial charge in [-0.25, -0.2) is 0 Å². The van der Waals surface area contributed by atoms with E-state index in [1.165, 1.54) is 0 Å². The van der Waals surface area contributed by atoms with E-state index in [0.717, 1.165) is 11.3 Å². The largest absolute Gasteiger partial charge is 0.492 e. The number of carbonyl (C=O) groups excluding carboxylic acids is 1. The Labute approximate surface area is 95.8 Å². The Kier molecular flexibility index (Phi) is 4.79. The van der Waals surface area contributed by atoms with Gasteiger partial charge in [0, 0.05) is 0 Å². The molecule has 1 aromatic carbocycles. The molecule has 0 radical (unpaired) electrons. The third-order valence-corrected chi connectivity index (χ3v) is 2.07. The van der Waals surface area contributed by atoms with Crippen molar-refractivity contribution in [3.63, 3.8) is 0 Å². The quantitative estimate of drug-likeness (QED) is 0.725. The van der Waals surface area contributed by atoms with Crippen LogP contribution in [-0.2, 0) is 4.79 Å². The van der Waals surface area contributed by atoms with Gasteiger partial charge in [-0.3, -0.25) is 4.79 Å². The van der Waals surface area contributed by atoms with Gasteiger partial charge in [0.05, 0.1) is 12.6 Å². The van der Waals surface area contributed by atoms with Crippen LogP contribution in [0.15, 0.2) is 24.3 Å². The number of ether oxygens (including phenoxy) is 1. The second-order valence-electron chi connectivity index (χ2n) is 3.74. The van der Waals surface area contributed by atoms with E-state index in [4.69, 9.17) is 10.5 Å². The van der Waals surface area contributed by atoms with Crippen LogP contribution in [0.25, 0.3) is 0 Å². The summed E-state index contributed by atoms with van der Waals surface area (Å²) in [6.45, 7) is 4.57. The predicted octanol–water partition coefficient (Wildman–Crippen LogP) is 0.837. The van der Waals surface area contributed by atoms with Gasteiger partial charge in [0.15, 0.2) is 0 Å². The summed E-state index contributed by atoms with van der Waals surface area (Å²) in [5.74, 6) is 0.655. The van der Waals surface area contributed by atoms with E-state index in [9.17, 15) is 4.79 Å². The van der Waals surface area contributed by atoms with Gasteiger partial charge in [0.1, 0.15) is 12.4 Å². The van der Waals surface area contributed by atoms with E-state index < -0.39 is 6.04 Å². The minimum absolute atomic E-state index is 0.159. The van der Waals surface area contributed by atoms with Gasteiger partial charge in [-0.1, -0.05) is 12.1 Å². The van der Waals surface area contributed by atoms with E-state index in [1.807, 2.05) is 31.2 Å². The van der Waals surface area contributed by atoms with Crippen LogP contribution in [0.5, 0.6) is 5.75 Å². The Morgan fingerprint density at radius 1 is 1.56 bits per heavy atom. The molecule has 4 nitrogen and oxygen atoms in total. The van der Waals surface area contributed by atoms with Gasteiger partial charge in [0.25, 0.3) is 0 Å². The molecule has 0 saturated carbocycles. The molecular weight excluding hydrogens is 204 g/mol. The Hall–Kier alpha value is -1.55.